The monoisotopic (exact) mass is 128 g/mol. The average Bonchev–Trinajstić information content (AvgIpc) is 2.17. The Bertz CT molecular complexity index is 184. The summed E-state index contributed by atoms with van der Waals surface area (Å²) >= 11 is 0. The van der Waals surface area contributed by atoms with Gasteiger partial charge in [0.15, 0.2) is 0 Å². The van der Waals surface area contributed by atoms with Gasteiger partial charge in [-0.25, -0.2) is 0 Å². The van der Waals surface area contributed by atoms with Crippen molar-refractivity contribution in [3.05, 3.63) is 11.8 Å². The minimum atomic E-state index is 0.418. The Hall–Kier alpha value is -0.940. The van der Waals surface area contributed by atoms with Gasteiger partial charge in [0.1, 0.15) is 0 Å². The fourth-order valence-corrected chi connectivity index (χ4v) is 0.496. The molecule has 0 radical (unpaired) electrons. The molecule has 0 amide bonds. The van der Waals surface area contributed by atoms with Crippen LogP contribution in [-0.2, 0) is 6.54 Å². The third kappa shape index (κ3) is 1.48. The van der Waals surface area contributed by atoms with Gasteiger partial charge in [-0.05, 0) is 0 Å². The largest absolute Gasteiger partial charge is 0.424 e. The van der Waals surface area contributed by atoms with Crippen molar-refractivity contribution in [1.82, 2.24) is 15.6 Å². The fraction of sp³-hybridized carbons (Fsp3) is 0.500. The molecule has 1 aromatic rings. The summed E-state index contributed by atoms with van der Waals surface area (Å²) in [7, 11) is 0. The molecule has 0 aliphatic rings. The topological polar surface area (TPSA) is 77.0 Å². The number of rotatable bonds is 2. The van der Waals surface area contributed by atoms with Gasteiger partial charge in [-0.15, -0.1) is 10.2 Å². The van der Waals surface area contributed by atoms with Crippen molar-refractivity contribution in [2.45, 2.75) is 13.5 Å². The molecule has 50 valence electrons. The van der Waals surface area contributed by atoms with E-state index in [0.717, 1.165) is 0 Å². The molecule has 1 rings (SSSR count). The third-order valence-electron chi connectivity index (χ3n) is 0.821. The number of hydrogen-bond acceptors (Lipinski definition) is 5. The van der Waals surface area contributed by atoms with E-state index < -0.39 is 0 Å². The van der Waals surface area contributed by atoms with Crippen molar-refractivity contribution < 1.29 is 4.42 Å². The number of nitrogens with zero attached hydrogens (tertiary/aromatic N) is 2. The second-order valence-electron chi connectivity index (χ2n) is 1.60. The summed E-state index contributed by atoms with van der Waals surface area (Å²) in [5.74, 6) is 6.06. The SMILES string of the molecule is Cc1nnc(CNN)o1. The molecule has 0 atom stereocenters. The van der Waals surface area contributed by atoms with Gasteiger partial charge in [0.05, 0.1) is 6.54 Å². The standard InChI is InChI=1S/C4H8N4O/c1-3-7-8-4(9-3)2-6-5/h6H,2,5H2,1H3. The maximum absolute atomic E-state index is 4.99. The quantitative estimate of drug-likeness (QED) is 0.408. The molecule has 1 aromatic heterocycles. The number of hydrogen-bond donors (Lipinski definition) is 2. The second-order valence-corrected chi connectivity index (χ2v) is 1.60. The van der Waals surface area contributed by atoms with Gasteiger partial charge in [0, 0.05) is 6.92 Å². The van der Waals surface area contributed by atoms with Crippen LogP contribution >= 0.6 is 0 Å². The van der Waals surface area contributed by atoms with Crippen molar-refractivity contribution in [2.24, 2.45) is 5.84 Å². The summed E-state index contributed by atoms with van der Waals surface area (Å²) in [5, 5.41) is 7.27. The van der Waals surface area contributed by atoms with Gasteiger partial charge in [-0.1, -0.05) is 0 Å². The molecular weight excluding hydrogens is 120 g/mol. The molecule has 0 fully saturated rings. The van der Waals surface area contributed by atoms with Crippen LogP contribution in [0.2, 0.25) is 0 Å². The van der Waals surface area contributed by atoms with E-state index in [4.69, 9.17) is 10.3 Å². The predicted molar refractivity (Wildman–Crippen MR) is 30.1 cm³/mol. The summed E-state index contributed by atoms with van der Waals surface area (Å²) in [5.41, 5.74) is 2.40. The summed E-state index contributed by atoms with van der Waals surface area (Å²) in [6.07, 6.45) is 0. The summed E-state index contributed by atoms with van der Waals surface area (Å²) in [6.45, 7) is 2.15. The molecular formula is C4H8N4O. The van der Waals surface area contributed by atoms with Crippen LogP contribution in [0.5, 0.6) is 0 Å². The van der Waals surface area contributed by atoms with Crippen LogP contribution in [0.25, 0.3) is 0 Å². The zero-order valence-electron chi connectivity index (χ0n) is 5.09. The Morgan fingerprint density at radius 2 is 2.44 bits per heavy atom. The van der Waals surface area contributed by atoms with Crippen molar-refractivity contribution in [2.75, 3.05) is 0 Å². The van der Waals surface area contributed by atoms with Crippen LogP contribution in [0.15, 0.2) is 4.42 Å². The molecule has 0 unspecified atom stereocenters. The fourth-order valence-electron chi connectivity index (χ4n) is 0.496. The molecule has 0 bridgehead atoms. The van der Waals surface area contributed by atoms with E-state index in [0.29, 0.717) is 18.3 Å². The molecule has 0 saturated heterocycles. The lowest BCUT2D eigenvalue weighted by Crippen LogP contribution is -2.20. The summed E-state index contributed by atoms with van der Waals surface area (Å²) < 4.78 is 4.96. The van der Waals surface area contributed by atoms with E-state index in [1.807, 2.05) is 0 Å². The van der Waals surface area contributed by atoms with Crippen LogP contribution in [0.1, 0.15) is 11.8 Å². The Morgan fingerprint density at radius 1 is 1.67 bits per heavy atom. The van der Waals surface area contributed by atoms with Gasteiger partial charge < -0.3 is 4.42 Å². The van der Waals surface area contributed by atoms with Crippen LogP contribution in [0.3, 0.4) is 0 Å². The first-order valence-corrected chi connectivity index (χ1v) is 2.55. The smallest absolute Gasteiger partial charge is 0.231 e. The Labute approximate surface area is 52.2 Å². The zero-order valence-corrected chi connectivity index (χ0v) is 5.09. The molecule has 0 aliphatic carbocycles. The Kier molecular flexibility index (Phi) is 1.76. The molecule has 0 aliphatic heterocycles. The number of nitrogens with two attached hydrogens (primary N) is 1. The van der Waals surface area contributed by atoms with E-state index >= 15 is 0 Å². The summed E-state index contributed by atoms with van der Waals surface area (Å²) in [6, 6.07) is 0. The minimum absolute atomic E-state index is 0.418. The van der Waals surface area contributed by atoms with Gasteiger partial charge in [-0.3, -0.25) is 11.3 Å². The molecule has 5 nitrogen and oxygen atoms in total. The predicted octanol–water partition coefficient (Wildman–Crippen LogP) is -0.659. The van der Waals surface area contributed by atoms with Crippen molar-refractivity contribution in [3.63, 3.8) is 0 Å². The number of aryl methyl sites for hydroxylation is 1. The van der Waals surface area contributed by atoms with Gasteiger partial charge in [0.2, 0.25) is 11.8 Å². The van der Waals surface area contributed by atoms with Crippen molar-refractivity contribution >= 4 is 0 Å². The maximum Gasteiger partial charge on any atom is 0.231 e. The first kappa shape index (κ1) is 6.18. The van der Waals surface area contributed by atoms with Crippen molar-refractivity contribution in [3.8, 4) is 0 Å². The maximum atomic E-state index is 4.99. The lowest BCUT2D eigenvalue weighted by molar-refractivity contribution is 0.450. The first-order chi connectivity index (χ1) is 4.33. The number of nitrogens with one attached hydrogen (secondary N) is 1. The molecule has 0 saturated carbocycles. The Balaban J connectivity index is 2.61. The highest BCUT2D eigenvalue weighted by molar-refractivity contribution is 4.76. The van der Waals surface area contributed by atoms with E-state index in [-0.39, 0.29) is 0 Å². The van der Waals surface area contributed by atoms with Gasteiger partial charge in [0.25, 0.3) is 0 Å². The van der Waals surface area contributed by atoms with Crippen LogP contribution in [-0.4, -0.2) is 10.2 Å². The molecule has 5 heteroatoms. The molecule has 1 heterocycles. The number of hydrazine groups is 1. The zero-order chi connectivity index (χ0) is 6.69. The molecule has 0 spiro atoms. The molecule has 0 aromatic carbocycles. The van der Waals surface area contributed by atoms with Gasteiger partial charge >= 0.3 is 0 Å². The average molecular weight is 128 g/mol. The van der Waals surface area contributed by atoms with Crippen molar-refractivity contribution in [1.29, 1.82) is 0 Å². The second kappa shape index (κ2) is 2.56. The van der Waals surface area contributed by atoms with E-state index in [1.165, 1.54) is 0 Å². The normalized spacial score (nSPS) is 10.0. The lowest BCUT2D eigenvalue weighted by atomic mass is 10.7. The molecule has 9 heavy (non-hydrogen) atoms. The number of aromatic nitrogens is 2. The molecule has 3 N–H and O–H groups in total. The highest BCUT2D eigenvalue weighted by Crippen LogP contribution is 1.94. The highest BCUT2D eigenvalue weighted by Gasteiger charge is 1.97. The third-order valence-corrected chi connectivity index (χ3v) is 0.821. The van der Waals surface area contributed by atoms with E-state index in [1.54, 1.807) is 6.92 Å². The van der Waals surface area contributed by atoms with Crippen LogP contribution in [0.4, 0.5) is 0 Å². The summed E-state index contributed by atoms with van der Waals surface area (Å²) in [4.78, 5) is 0. The van der Waals surface area contributed by atoms with Crippen LogP contribution < -0.4 is 11.3 Å². The van der Waals surface area contributed by atoms with E-state index in [2.05, 4.69) is 15.6 Å². The Morgan fingerprint density at radius 3 is 2.89 bits per heavy atom. The first-order valence-electron chi connectivity index (χ1n) is 2.55. The minimum Gasteiger partial charge on any atom is -0.424 e. The van der Waals surface area contributed by atoms with E-state index in [9.17, 15) is 0 Å². The lowest BCUT2D eigenvalue weighted by Gasteiger charge is -1.87. The van der Waals surface area contributed by atoms with Crippen LogP contribution in [0, 0.1) is 6.92 Å². The highest BCUT2D eigenvalue weighted by atomic mass is 16.4. The van der Waals surface area contributed by atoms with Gasteiger partial charge in [-0.2, -0.15) is 0 Å².